The van der Waals surface area contributed by atoms with E-state index >= 15 is 0 Å². The van der Waals surface area contributed by atoms with E-state index in [0.717, 1.165) is 42.1 Å². The van der Waals surface area contributed by atoms with Crippen molar-refractivity contribution in [1.29, 1.82) is 5.26 Å². The number of hydrogen-bond donors (Lipinski definition) is 1. The van der Waals surface area contributed by atoms with Crippen molar-refractivity contribution in [2.75, 3.05) is 6.61 Å². The lowest BCUT2D eigenvalue weighted by Crippen LogP contribution is -2.35. The van der Waals surface area contributed by atoms with Gasteiger partial charge < -0.3 is 9.30 Å². The van der Waals surface area contributed by atoms with E-state index in [1.54, 1.807) is 0 Å². The number of ether oxygens (including phenoxy) is 1. The summed E-state index contributed by atoms with van der Waals surface area (Å²) < 4.78 is 19.5. The molecule has 2 atom stereocenters. The summed E-state index contributed by atoms with van der Waals surface area (Å²) in [6, 6.07) is 9.87. The van der Waals surface area contributed by atoms with Gasteiger partial charge in [-0.05, 0) is 56.9 Å². The van der Waals surface area contributed by atoms with E-state index in [-0.39, 0.29) is 11.3 Å². The highest BCUT2D eigenvalue weighted by Crippen LogP contribution is 2.58. The Labute approximate surface area is 183 Å². The zero-order valence-corrected chi connectivity index (χ0v) is 20.6. The van der Waals surface area contributed by atoms with Crippen LogP contribution in [0.2, 0.25) is 25.7 Å². The molecule has 1 aromatic heterocycles. The summed E-state index contributed by atoms with van der Waals surface area (Å²) in [4.78, 5) is 4.51. The topological polar surface area (TPSA) is 93.9 Å². The number of aromatic nitrogens is 2. The Hall–Kier alpha value is -1.53. The summed E-state index contributed by atoms with van der Waals surface area (Å²) in [5.74, 6) is -0.00874. The zero-order valence-electron chi connectivity index (χ0n) is 18.8. The van der Waals surface area contributed by atoms with Crippen molar-refractivity contribution in [1.82, 2.24) is 9.55 Å². The molecule has 2 N–H and O–H groups in total. The molecule has 1 aliphatic carbocycles. The summed E-state index contributed by atoms with van der Waals surface area (Å²) in [5.41, 5.74) is 2.62. The maximum atomic E-state index is 12.1. The number of imidazole rings is 1. The summed E-state index contributed by atoms with van der Waals surface area (Å²) in [6.45, 7) is 12.1. The lowest BCUT2D eigenvalue weighted by atomic mass is 9.78. The van der Waals surface area contributed by atoms with Gasteiger partial charge >= 0.3 is 0 Å². The van der Waals surface area contributed by atoms with Crippen molar-refractivity contribution >= 4 is 30.1 Å². The summed E-state index contributed by atoms with van der Waals surface area (Å²) in [6.07, 6.45) is 4.17. The molecule has 1 aliphatic rings. The van der Waals surface area contributed by atoms with Gasteiger partial charge in [-0.15, -0.1) is 0 Å². The van der Waals surface area contributed by atoms with Crippen LogP contribution in [0.4, 0.5) is 0 Å². The largest absolute Gasteiger partial charge is 0.361 e. The molecule has 2 aromatic rings. The van der Waals surface area contributed by atoms with Crippen molar-refractivity contribution in [2.24, 2.45) is 10.6 Å². The second-order valence-electron chi connectivity index (χ2n) is 10.4. The van der Waals surface area contributed by atoms with E-state index in [1.165, 1.54) is 0 Å². The Morgan fingerprint density at radius 2 is 2.10 bits per heavy atom. The first-order valence-electron chi connectivity index (χ1n) is 10.6. The summed E-state index contributed by atoms with van der Waals surface area (Å²) in [7, 11) is -2.58. The van der Waals surface area contributed by atoms with Gasteiger partial charge in [0.25, 0.3) is 0 Å². The quantitative estimate of drug-likeness (QED) is 0.428. The molecular formula is C22H34N4O2SSi. The lowest BCUT2D eigenvalue weighted by Gasteiger charge is -2.30. The molecule has 1 aromatic carbocycles. The predicted octanol–water partition coefficient (Wildman–Crippen LogP) is 4.53. The van der Waals surface area contributed by atoms with Crippen molar-refractivity contribution in [3.63, 3.8) is 0 Å². The number of hydrogen-bond acceptors (Lipinski definition) is 4. The minimum absolute atomic E-state index is 0.00874. The predicted molar refractivity (Wildman–Crippen MR) is 125 cm³/mol. The van der Waals surface area contributed by atoms with Crippen molar-refractivity contribution in [3.05, 3.63) is 30.1 Å². The van der Waals surface area contributed by atoms with Gasteiger partial charge in [0, 0.05) is 20.6 Å². The van der Waals surface area contributed by atoms with Gasteiger partial charge in [0.05, 0.1) is 44.6 Å². The summed E-state index contributed by atoms with van der Waals surface area (Å²) >= 11 is 0. The van der Waals surface area contributed by atoms with E-state index in [0.29, 0.717) is 13.2 Å². The first kappa shape index (κ1) is 23.1. The van der Waals surface area contributed by atoms with E-state index in [9.17, 15) is 9.47 Å². The smallest absolute Gasteiger partial charge is 0.124 e. The van der Waals surface area contributed by atoms with Gasteiger partial charge in [0.15, 0.2) is 0 Å². The Morgan fingerprint density at radius 3 is 2.67 bits per heavy atom. The normalized spacial score (nSPS) is 18.2. The highest BCUT2D eigenvalue weighted by Gasteiger charge is 2.52. The monoisotopic (exact) mass is 446 g/mol. The van der Waals surface area contributed by atoms with Crippen LogP contribution in [0.15, 0.2) is 24.5 Å². The molecular weight excluding hydrogens is 412 g/mol. The lowest BCUT2D eigenvalue weighted by molar-refractivity contribution is 0.0898. The van der Waals surface area contributed by atoms with Crippen LogP contribution >= 0.6 is 0 Å². The van der Waals surface area contributed by atoms with Gasteiger partial charge in [0.1, 0.15) is 6.73 Å². The Balaban J connectivity index is 1.86. The first-order valence-corrected chi connectivity index (χ1v) is 15.5. The molecule has 1 unspecified atom stereocenters. The van der Waals surface area contributed by atoms with Crippen LogP contribution in [0.1, 0.15) is 44.6 Å². The molecule has 0 spiro atoms. The fourth-order valence-corrected chi connectivity index (χ4v) is 4.90. The van der Waals surface area contributed by atoms with E-state index in [2.05, 4.69) is 42.8 Å². The molecule has 1 saturated carbocycles. The second-order valence-corrected chi connectivity index (χ2v) is 17.7. The van der Waals surface area contributed by atoms with Crippen LogP contribution in [0.3, 0.4) is 0 Å². The third kappa shape index (κ3) is 5.20. The molecule has 0 amide bonds. The van der Waals surface area contributed by atoms with Gasteiger partial charge in [-0.1, -0.05) is 25.7 Å². The van der Waals surface area contributed by atoms with Gasteiger partial charge in [-0.2, -0.15) is 5.26 Å². The zero-order chi connectivity index (χ0) is 22.2. The number of rotatable bonds is 10. The van der Waals surface area contributed by atoms with Crippen LogP contribution in [0.5, 0.6) is 0 Å². The van der Waals surface area contributed by atoms with E-state index < -0.39 is 23.8 Å². The van der Waals surface area contributed by atoms with Gasteiger partial charge in [-0.3, -0.25) is 5.14 Å². The molecule has 0 saturated heterocycles. The summed E-state index contributed by atoms with van der Waals surface area (Å²) in [5, 5.41) is 15.6. The minimum Gasteiger partial charge on any atom is -0.361 e. The SMILES string of the molecule is CC(C)(C[C@@H](c1ccc2ncn(COCC[Si](C)(C)C)c2c1)C1(C#N)CC1)S(N)=O. The van der Waals surface area contributed by atoms with Crippen molar-refractivity contribution in [3.8, 4) is 6.07 Å². The van der Waals surface area contributed by atoms with Crippen molar-refractivity contribution < 1.29 is 8.95 Å². The molecule has 0 bridgehead atoms. The fraction of sp³-hybridized carbons (Fsp3) is 0.636. The minimum atomic E-state index is -1.46. The average Bonchev–Trinajstić information content (AvgIpc) is 3.36. The van der Waals surface area contributed by atoms with E-state index in [4.69, 9.17) is 9.88 Å². The van der Waals surface area contributed by atoms with Crippen LogP contribution in [-0.2, 0) is 22.5 Å². The average molecular weight is 447 g/mol. The standard InChI is InChI=1S/C22H34N4O2SSi/c1-21(2,29(24)27)13-18(22(14-23)8-9-22)17-6-7-19-20(12-17)26(15-25-19)16-28-10-11-30(3,4)5/h6-7,12,15,18H,8-11,13,16,24H2,1-5H3/t18-,29?/m0/s1. The van der Waals surface area contributed by atoms with Crippen LogP contribution in [0, 0.1) is 16.7 Å². The molecule has 1 heterocycles. The van der Waals surface area contributed by atoms with E-state index in [1.807, 2.05) is 30.8 Å². The molecule has 6 nitrogen and oxygen atoms in total. The van der Waals surface area contributed by atoms with Crippen molar-refractivity contribution in [2.45, 2.75) is 76.2 Å². The van der Waals surface area contributed by atoms with Crippen LogP contribution in [0.25, 0.3) is 11.0 Å². The maximum Gasteiger partial charge on any atom is 0.124 e. The molecule has 8 heteroatoms. The third-order valence-corrected chi connectivity index (χ3v) is 9.15. The van der Waals surface area contributed by atoms with Crippen LogP contribution < -0.4 is 5.14 Å². The number of fused-ring (bicyclic) bond motifs is 1. The third-order valence-electron chi connectivity index (χ3n) is 6.19. The van der Waals surface area contributed by atoms with Gasteiger partial charge in [-0.25, -0.2) is 9.19 Å². The molecule has 0 radical (unpaired) electrons. The highest BCUT2D eigenvalue weighted by molar-refractivity contribution is 7.84. The highest BCUT2D eigenvalue weighted by atomic mass is 32.2. The maximum absolute atomic E-state index is 12.1. The molecule has 1 fully saturated rings. The second kappa shape index (κ2) is 8.54. The Bertz CT molecular complexity index is 970. The molecule has 30 heavy (non-hydrogen) atoms. The number of benzene rings is 1. The Morgan fingerprint density at radius 1 is 1.40 bits per heavy atom. The number of nitrogens with zero attached hydrogens (tertiary/aromatic N) is 3. The fourth-order valence-electron chi connectivity index (χ4n) is 3.81. The van der Waals surface area contributed by atoms with Crippen LogP contribution in [-0.4, -0.2) is 33.2 Å². The molecule has 164 valence electrons. The number of nitriles is 1. The van der Waals surface area contributed by atoms with Gasteiger partial charge in [0.2, 0.25) is 0 Å². The molecule has 0 aliphatic heterocycles. The Kier molecular flexibility index (Phi) is 6.59. The first-order chi connectivity index (χ1) is 14.0. The number of nitrogens with two attached hydrogens (primary N) is 1. The molecule has 3 rings (SSSR count).